The molecule has 1 heterocycles. The van der Waals surface area contributed by atoms with Crippen molar-refractivity contribution in [1.29, 1.82) is 0 Å². The maximum absolute atomic E-state index is 13.5. The van der Waals surface area contributed by atoms with E-state index < -0.39 is 15.8 Å². The van der Waals surface area contributed by atoms with Crippen LogP contribution in [-0.2, 0) is 10.0 Å². The van der Waals surface area contributed by atoms with E-state index >= 15 is 0 Å². The summed E-state index contributed by atoms with van der Waals surface area (Å²) in [6.45, 7) is 0. The molecule has 0 saturated carbocycles. The van der Waals surface area contributed by atoms with Crippen molar-refractivity contribution in [3.05, 3.63) is 45.0 Å². The molecule has 0 bridgehead atoms. The van der Waals surface area contributed by atoms with Crippen molar-refractivity contribution in [3.8, 4) is 0 Å². The van der Waals surface area contributed by atoms with Crippen LogP contribution in [0.5, 0.6) is 0 Å². The summed E-state index contributed by atoms with van der Waals surface area (Å²) in [4.78, 5) is 0. The van der Waals surface area contributed by atoms with E-state index in [0.29, 0.717) is 3.79 Å². The van der Waals surface area contributed by atoms with Gasteiger partial charge in [0, 0.05) is 0 Å². The number of nitrogens with one attached hydrogen (secondary N) is 1. The van der Waals surface area contributed by atoms with Gasteiger partial charge in [0.2, 0.25) is 0 Å². The van der Waals surface area contributed by atoms with Gasteiger partial charge in [-0.1, -0.05) is 17.7 Å². The Bertz CT molecular complexity index is 667. The van der Waals surface area contributed by atoms with Crippen LogP contribution in [0.4, 0.5) is 10.1 Å². The predicted molar refractivity (Wildman–Crippen MR) is 74.2 cm³/mol. The molecule has 0 fully saturated rings. The monoisotopic (exact) mass is 369 g/mol. The van der Waals surface area contributed by atoms with Crippen molar-refractivity contribution < 1.29 is 12.8 Å². The Kier molecular flexibility index (Phi) is 3.96. The first-order valence-corrected chi connectivity index (χ1v) is 8.09. The van der Waals surface area contributed by atoms with E-state index in [-0.39, 0.29) is 14.9 Å². The third-order valence-corrected chi connectivity index (χ3v) is 5.79. The average molecular weight is 371 g/mol. The van der Waals surface area contributed by atoms with Crippen LogP contribution in [-0.4, -0.2) is 8.42 Å². The van der Waals surface area contributed by atoms with Gasteiger partial charge >= 0.3 is 0 Å². The van der Waals surface area contributed by atoms with Gasteiger partial charge in [-0.05, 0) is 40.2 Å². The van der Waals surface area contributed by atoms with Crippen molar-refractivity contribution >= 4 is 54.6 Å². The summed E-state index contributed by atoms with van der Waals surface area (Å²) in [5.41, 5.74) is -0.247. The highest BCUT2D eigenvalue weighted by Crippen LogP contribution is 2.31. The highest BCUT2D eigenvalue weighted by molar-refractivity contribution is 9.11. The van der Waals surface area contributed by atoms with Gasteiger partial charge in [-0.15, -0.1) is 11.3 Å². The van der Waals surface area contributed by atoms with Gasteiger partial charge in [0.1, 0.15) is 15.7 Å². The summed E-state index contributed by atoms with van der Waals surface area (Å²) in [6.07, 6.45) is 0. The van der Waals surface area contributed by atoms with Crippen LogP contribution >= 0.6 is 38.9 Å². The van der Waals surface area contributed by atoms with Crippen molar-refractivity contribution in [2.24, 2.45) is 0 Å². The number of hydrogen-bond donors (Lipinski definition) is 1. The normalized spacial score (nSPS) is 11.5. The maximum Gasteiger partial charge on any atom is 0.271 e. The Hall–Kier alpha value is -0.630. The van der Waals surface area contributed by atoms with E-state index in [4.69, 9.17) is 11.6 Å². The number of para-hydroxylation sites is 1. The van der Waals surface area contributed by atoms with Gasteiger partial charge in [0.05, 0.1) is 8.81 Å². The van der Waals surface area contributed by atoms with Crippen LogP contribution in [0, 0.1) is 5.82 Å². The van der Waals surface area contributed by atoms with Crippen LogP contribution in [0.3, 0.4) is 0 Å². The molecule has 1 N–H and O–H groups in total. The van der Waals surface area contributed by atoms with Crippen LogP contribution in [0.25, 0.3) is 0 Å². The molecule has 96 valence electrons. The fraction of sp³-hybridized carbons (Fsp3) is 0. The van der Waals surface area contributed by atoms with Crippen LogP contribution in [0.2, 0.25) is 5.02 Å². The predicted octanol–water partition coefficient (Wildman–Crippen LogP) is 4.10. The van der Waals surface area contributed by atoms with Gasteiger partial charge in [-0.25, -0.2) is 12.8 Å². The summed E-state index contributed by atoms with van der Waals surface area (Å²) in [7, 11) is -3.82. The van der Waals surface area contributed by atoms with Gasteiger partial charge in [-0.3, -0.25) is 4.72 Å². The lowest BCUT2D eigenvalue weighted by Gasteiger charge is -2.08. The molecule has 0 atom stereocenters. The Morgan fingerprint density at radius 2 is 2.00 bits per heavy atom. The Morgan fingerprint density at radius 1 is 1.28 bits per heavy atom. The molecule has 0 spiro atoms. The number of hydrogen-bond acceptors (Lipinski definition) is 3. The van der Waals surface area contributed by atoms with Crippen molar-refractivity contribution in [3.63, 3.8) is 0 Å². The third-order valence-electron chi connectivity index (χ3n) is 2.01. The molecule has 1 aromatic carbocycles. The molecule has 1 aromatic heterocycles. The standard InChI is InChI=1S/C10H6BrClFNO2S2/c11-8-4-5-9(17-8)18(15,16)14-10-6(12)2-1-3-7(10)13/h1-5,14H. The Morgan fingerprint density at radius 3 is 2.56 bits per heavy atom. The topological polar surface area (TPSA) is 46.2 Å². The van der Waals surface area contributed by atoms with E-state index in [1.807, 2.05) is 0 Å². The summed E-state index contributed by atoms with van der Waals surface area (Å²) < 4.78 is 40.3. The molecule has 0 aliphatic carbocycles. The van der Waals surface area contributed by atoms with Crippen molar-refractivity contribution in [1.82, 2.24) is 0 Å². The highest BCUT2D eigenvalue weighted by atomic mass is 79.9. The smallest absolute Gasteiger partial charge is 0.271 e. The van der Waals surface area contributed by atoms with Gasteiger partial charge in [0.15, 0.2) is 0 Å². The SMILES string of the molecule is O=S(=O)(Nc1c(F)cccc1Cl)c1ccc(Br)s1. The minimum absolute atomic E-state index is 0.00852. The van der Waals surface area contributed by atoms with Crippen LogP contribution in [0.1, 0.15) is 0 Å². The first-order valence-electron chi connectivity index (χ1n) is 4.62. The minimum atomic E-state index is -3.82. The highest BCUT2D eigenvalue weighted by Gasteiger charge is 2.19. The lowest BCUT2D eigenvalue weighted by molar-refractivity contribution is 0.600. The number of thiophene rings is 1. The van der Waals surface area contributed by atoms with E-state index in [2.05, 4.69) is 20.7 Å². The summed E-state index contributed by atoms with van der Waals surface area (Å²) in [5, 5.41) is 0.00852. The lowest BCUT2D eigenvalue weighted by atomic mass is 10.3. The Balaban J connectivity index is 2.40. The fourth-order valence-electron chi connectivity index (χ4n) is 1.22. The van der Waals surface area contributed by atoms with Crippen molar-refractivity contribution in [2.45, 2.75) is 4.21 Å². The van der Waals surface area contributed by atoms with Gasteiger partial charge in [0.25, 0.3) is 10.0 Å². The van der Waals surface area contributed by atoms with Crippen LogP contribution < -0.4 is 4.72 Å². The molecular formula is C10H6BrClFNO2S2. The summed E-state index contributed by atoms with van der Waals surface area (Å²) >= 11 is 9.95. The van der Waals surface area contributed by atoms with E-state index in [9.17, 15) is 12.8 Å². The second-order valence-electron chi connectivity index (χ2n) is 3.26. The molecule has 3 nitrogen and oxygen atoms in total. The van der Waals surface area contributed by atoms with E-state index in [1.54, 1.807) is 6.07 Å². The second kappa shape index (κ2) is 5.16. The number of anilines is 1. The molecule has 0 amide bonds. The number of benzene rings is 1. The van der Waals surface area contributed by atoms with E-state index in [0.717, 1.165) is 17.4 Å². The summed E-state index contributed by atoms with van der Waals surface area (Å²) in [6, 6.07) is 6.96. The lowest BCUT2D eigenvalue weighted by Crippen LogP contribution is -2.12. The first-order chi connectivity index (χ1) is 8.40. The van der Waals surface area contributed by atoms with Crippen LogP contribution in [0.15, 0.2) is 38.3 Å². The maximum atomic E-state index is 13.5. The largest absolute Gasteiger partial charge is 0.274 e. The number of rotatable bonds is 3. The molecule has 0 saturated heterocycles. The average Bonchev–Trinajstić information content (AvgIpc) is 2.71. The quantitative estimate of drug-likeness (QED) is 0.884. The van der Waals surface area contributed by atoms with Gasteiger partial charge in [-0.2, -0.15) is 0 Å². The Labute approximate surface area is 121 Å². The number of halogens is 3. The zero-order chi connectivity index (χ0) is 13.3. The molecule has 2 aromatic rings. The first kappa shape index (κ1) is 13.8. The molecule has 18 heavy (non-hydrogen) atoms. The fourth-order valence-corrected chi connectivity index (χ4v) is 4.59. The minimum Gasteiger partial charge on any atom is -0.274 e. The zero-order valence-corrected chi connectivity index (χ0v) is 12.6. The molecule has 0 unspecified atom stereocenters. The van der Waals surface area contributed by atoms with E-state index in [1.165, 1.54) is 18.2 Å². The summed E-state index contributed by atoms with van der Waals surface area (Å²) in [5.74, 6) is -0.721. The molecule has 2 rings (SSSR count). The number of sulfonamides is 1. The molecule has 0 aliphatic heterocycles. The molecule has 0 radical (unpaired) electrons. The zero-order valence-electron chi connectivity index (χ0n) is 8.65. The van der Waals surface area contributed by atoms with Crippen molar-refractivity contribution in [2.75, 3.05) is 4.72 Å². The molecular weight excluding hydrogens is 365 g/mol. The second-order valence-corrected chi connectivity index (χ2v) is 8.04. The van der Waals surface area contributed by atoms with Gasteiger partial charge < -0.3 is 0 Å². The molecule has 0 aliphatic rings. The third kappa shape index (κ3) is 2.85. The molecule has 8 heteroatoms.